The third kappa shape index (κ3) is 5.20. The van der Waals surface area contributed by atoms with E-state index < -0.39 is 30.9 Å². The highest BCUT2D eigenvalue weighted by atomic mass is 79.9. The number of hydrogen-bond acceptors (Lipinski definition) is 3. The quantitative estimate of drug-likeness (QED) is 0.842. The van der Waals surface area contributed by atoms with Crippen LogP contribution >= 0.6 is 15.9 Å². The Morgan fingerprint density at radius 1 is 1.35 bits per heavy atom. The first kappa shape index (κ1) is 16.5. The number of anilines is 1. The number of alkyl halides is 3. The zero-order valence-corrected chi connectivity index (χ0v) is 12.0. The van der Waals surface area contributed by atoms with Crippen LogP contribution < -0.4 is 5.32 Å². The van der Waals surface area contributed by atoms with E-state index >= 15 is 0 Å². The molecule has 20 heavy (non-hydrogen) atoms. The Labute approximate surface area is 121 Å². The van der Waals surface area contributed by atoms with E-state index in [1.807, 2.05) is 0 Å². The highest BCUT2D eigenvalue weighted by Gasteiger charge is 2.28. The minimum atomic E-state index is -4.40. The maximum Gasteiger partial charge on any atom is 0.389 e. The average molecular weight is 354 g/mol. The van der Waals surface area contributed by atoms with Crippen molar-refractivity contribution in [3.05, 3.63) is 28.2 Å². The summed E-state index contributed by atoms with van der Waals surface area (Å²) in [6.45, 7) is 0. The van der Waals surface area contributed by atoms with E-state index in [1.54, 1.807) is 6.07 Å². The molecule has 1 aromatic carbocycles. The van der Waals surface area contributed by atoms with E-state index in [0.29, 0.717) is 4.47 Å². The van der Waals surface area contributed by atoms with E-state index in [9.17, 15) is 22.8 Å². The largest absolute Gasteiger partial charge is 0.465 e. The van der Waals surface area contributed by atoms with Gasteiger partial charge in [0, 0.05) is 10.9 Å². The van der Waals surface area contributed by atoms with Gasteiger partial charge in [-0.05, 0) is 18.2 Å². The predicted octanol–water partition coefficient (Wildman–Crippen LogP) is 3.52. The van der Waals surface area contributed by atoms with E-state index in [4.69, 9.17) is 0 Å². The lowest BCUT2D eigenvalue weighted by Gasteiger charge is -2.11. The second-order valence-electron chi connectivity index (χ2n) is 3.84. The molecule has 1 aromatic rings. The molecule has 1 N–H and O–H groups in total. The normalized spacial score (nSPS) is 11.1. The number of halogens is 4. The van der Waals surface area contributed by atoms with Gasteiger partial charge in [0.1, 0.15) is 0 Å². The molecule has 1 rings (SSSR count). The molecule has 0 radical (unpaired) electrons. The predicted molar refractivity (Wildman–Crippen MR) is 69.4 cm³/mol. The van der Waals surface area contributed by atoms with E-state index in [1.165, 1.54) is 19.2 Å². The van der Waals surface area contributed by atoms with Crippen LogP contribution in [0.25, 0.3) is 0 Å². The molecule has 0 bridgehead atoms. The molecule has 0 spiro atoms. The summed E-state index contributed by atoms with van der Waals surface area (Å²) < 4.78 is 41.1. The average Bonchev–Trinajstić information content (AvgIpc) is 2.37. The van der Waals surface area contributed by atoms with Crippen LogP contribution in [-0.2, 0) is 9.53 Å². The Balaban J connectivity index is 2.82. The van der Waals surface area contributed by atoms with Crippen molar-refractivity contribution in [3.8, 4) is 0 Å². The molecule has 0 aliphatic heterocycles. The number of ether oxygens (including phenoxy) is 1. The highest BCUT2D eigenvalue weighted by molar-refractivity contribution is 9.10. The Morgan fingerprint density at radius 3 is 2.55 bits per heavy atom. The van der Waals surface area contributed by atoms with Crippen molar-refractivity contribution < 1.29 is 27.5 Å². The van der Waals surface area contributed by atoms with Crippen LogP contribution in [0.5, 0.6) is 0 Å². The maximum atomic E-state index is 12.0. The summed E-state index contributed by atoms with van der Waals surface area (Å²) in [7, 11) is 1.17. The molecule has 0 aliphatic carbocycles. The smallest absolute Gasteiger partial charge is 0.389 e. The molecule has 110 valence electrons. The summed E-state index contributed by atoms with van der Waals surface area (Å²) in [5.74, 6) is -1.52. The van der Waals surface area contributed by atoms with Crippen LogP contribution in [0, 0.1) is 0 Å². The van der Waals surface area contributed by atoms with E-state index in [0.717, 1.165) is 0 Å². The van der Waals surface area contributed by atoms with Gasteiger partial charge in [-0.1, -0.05) is 15.9 Å². The second-order valence-corrected chi connectivity index (χ2v) is 4.76. The Morgan fingerprint density at radius 2 is 2.00 bits per heavy atom. The third-order valence-electron chi connectivity index (χ3n) is 2.30. The summed E-state index contributed by atoms with van der Waals surface area (Å²) >= 11 is 3.15. The lowest BCUT2D eigenvalue weighted by Crippen LogP contribution is -2.18. The molecule has 4 nitrogen and oxygen atoms in total. The van der Waals surface area contributed by atoms with Crippen LogP contribution in [-0.4, -0.2) is 25.2 Å². The van der Waals surface area contributed by atoms with Gasteiger partial charge in [-0.15, -0.1) is 0 Å². The van der Waals surface area contributed by atoms with Gasteiger partial charge in [0.25, 0.3) is 0 Å². The molecule has 0 heterocycles. The van der Waals surface area contributed by atoms with Gasteiger partial charge in [-0.25, -0.2) is 4.79 Å². The number of amides is 1. The molecule has 0 fully saturated rings. The summed E-state index contributed by atoms with van der Waals surface area (Å²) in [4.78, 5) is 22.9. The fraction of sp³-hybridized carbons (Fsp3) is 0.333. The fourth-order valence-electron chi connectivity index (χ4n) is 1.37. The third-order valence-corrected chi connectivity index (χ3v) is 2.79. The van der Waals surface area contributed by atoms with Crippen LogP contribution in [0.15, 0.2) is 22.7 Å². The van der Waals surface area contributed by atoms with Crippen LogP contribution in [0.4, 0.5) is 18.9 Å². The monoisotopic (exact) mass is 353 g/mol. The van der Waals surface area contributed by atoms with Crippen molar-refractivity contribution in [2.24, 2.45) is 0 Å². The van der Waals surface area contributed by atoms with Gasteiger partial charge in [-0.3, -0.25) is 4.79 Å². The number of methoxy groups -OCH3 is 1. The molecular formula is C12H11BrF3NO3. The molecule has 1 amide bonds. The minimum Gasteiger partial charge on any atom is -0.465 e. The Hall–Kier alpha value is -1.57. The number of carbonyl (C=O) groups excluding carboxylic acids is 2. The first-order valence-corrected chi connectivity index (χ1v) is 6.26. The van der Waals surface area contributed by atoms with Crippen molar-refractivity contribution in [1.29, 1.82) is 0 Å². The van der Waals surface area contributed by atoms with Crippen LogP contribution in [0.3, 0.4) is 0 Å². The van der Waals surface area contributed by atoms with Gasteiger partial charge in [-0.2, -0.15) is 13.2 Å². The number of hydrogen-bond donors (Lipinski definition) is 1. The van der Waals surface area contributed by atoms with Crippen LogP contribution in [0.2, 0.25) is 0 Å². The van der Waals surface area contributed by atoms with Crippen molar-refractivity contribution >= 4 is 33.5 Å². The van der Waals surface area contributed by atoms with Crippen molar-refractivity contribution in [3.63, 3.8) is 0 Å². The SMILES string of the molecule is COC(=O)c1cc(Br)ccc1NC(=O)CCC(F)(F)F. The number of esters is 1. The topological polar surface area (TPSA) is 55.4 Å². The van der Waals surface area contributed by atoms with Gasteiger partial charge < -0.3 is 10.1 Å². The standard InChI is InChI=1S/C12H11BrF3NO3/c1-20-11(19)8-6-7(13)2-3-9(8)17-10(18)4-5-12(14,15)16/h2-3,6H,4-5H2,1H3,(H,17,18). The number of carbonyl (C=O) groups is 2. The molecule has 0 saturated carbocycles. The van der Waals surface area contributed by atoms with Crippen LogP contribution in [0.1, 0.15) is 23.2 Å². The summed E-state index contributed by atoms with van der Waals surface area (Å²) in [6, 6.07) is 4.36. The number of benzene rings is 1. The molecule has 0 saturated heterocycles. The molecule has 0 aliphatic rings. The van der Waals surface area contributed by atoms with E-state index in [2.05, 4.69) is 26.0 Å². The Bertz CT molecular complexity index is 517. The van der Waals surface area contributed by atoms with Crippen molar-refractivity contribution in [2.75, 3.05) is 12.4 Å². The zero-order valence-electron chi connectivity index (χ0n) is 10.4. The van der Waals surface area contributed by atoms with Gasteiger partial charge >= 0.3 is 12.1 Å². The second kappa shape index (κ2) is 6.74. The van der Waals surface area contributed by atoms with Gasteiger partial charge in [0.15, 0.2) is 0 Å². The van der Waals surface area contributed by atoms with Gasteiger partial charge in [0.05, 0.1) is 24.8 Å². The van der Waals surface area contributed by atoms with Crippen molar-refractivity contribution in [1.82, 2.24) is 0 Å². The van der Waals surface area contributed by atoms with Crippen molar-refractivity contribution in [2.45, 2.75) is 19.0 Å². The van der Waals surface area contributed by atoms with E-state index in [-0.39, 0.29) is 11.3 Å². The number of nitrogens with one attached hydrogen (secondary N) is 1. The lowest BCUT2D eigenvalue weighted by molar-refractivity contribution is -0.142. The van der Waals surface area contributed by atoms with Gasteiger partial charge in [0.2, 0.25) is 5.91 Å². The lowest BCUT2D eigenvalue weighted by atomic mass is 10.1. The molecular weight excluding hydrogens is 343 g/mol. The first-order valence-electron chi connectivity index (χ1n) is 5.47. The highest BCUT2D eigenvalue weighted by Crippen LogP contribution is 2.24. The maximum absolute atomic E-state index is 12.0. The molecule has 0 aromatic heterocycles. The summed E-state index contributed by atoms with van der Waals surface area (Å²) in [5.41, 5.74) is 0.162. The Kier molecular flexibility index (Phi) is 5.55. The first-order chi connectivity index (χ1) is 9.23. The summed E-state index contributed by atoms with van der Waals surface area (Å²) in [5, 5.41) is 2.26. The number of rotatable bonds is 4. The minimum absolute atomic E-state index is 0.0576. The fourth-order valence-corrected chi connectivity index (χ4v) is 1.73. The molecule has 8 heteroatoms. The summed E-state index contributed by atoms with van der Waals surface area (Å²) in [6.07, 6.45) is -6.33. The molecule has 0 atom stereocenters. The zero-order chi connectivity index (χ0) is 15.3. The molecule has 0 unspecified atom stereocenters.